The number of aromatic nitrogens is 1. The van der Waals surface area contributed by atoms with Gasteiger partial charge in [0.05, 0.1) is 12.1 Å². The first-order chi connectivity index (χ1) is 15.7. The van der Waals surface area contributed by atoms with E-state index in [-0.39, 0.29) is 16.8 Å². The number of pyridine rings is 1. The van der Waals surface area contributed by atoms with Crippen LogP contribution < -0.4 is 14.9 Å². The number of rotatable bonds is 6. The number of fused-ring (bicyclic) bond motifs is 1. The Bertz CT molecular complexity index is 1290. The Morgan fingerprint density at radius 2 is 2.03 bits per heavy atom. The van der Waals surface area contributed by atoms with E-state index < -0.39 is 16.1 Å². The lowest BCUT2D eigenvalue weighted by Crippen LogP contribution is -2.40. The monoisotopic (exact) mass is 548 g/mol. The summed E-state index contributed by atoms with van der Waals surface area (Å²) in [6.45, 7) is 5.97. The third-order valence-corrected chi connectivity index (χ3v) is 8.67. The van der Waals surface area contributed by atoms with Crippen LogP contribution in [0.2, 0.25) is 0 Å². The van der Waals surface area contributed by atoms with Crippen LogP contribution in [0.4, 0.5) is 11.5 Å². The van der Waals surface area contributed by atoms with Crippen molar-refractivity contribution in [1.29, 1.82) is 0 Å². The van der Waals surface area contributed by atoms with Crippen LogP contribution in [0.15, 0.2) is 58.0 Å². The lowest BCUT2D eigenvalue weighted by molar-refractivity contribution is -0.116. The normalized spacial score (nSPS) is 16.8. The number of hydrogen-bond donors (Lipinski definition) is 2. The molecule has 10 heteroatoms. The molecule has 0 fully saturated rings. The summed E-state index contributed by atoms with van der Waals surface area (Å²) in [5, 5.41) is 3.26. The smallest absolute Gasteiger partial charge is 0.244 e. The Morgan fingerprint density at radius 1 is 1.27 bits per heavy atom. The van der Waals surface area contributed by atoms with Gasteiger partial charge in [0.25, 0.3) is 0 Å². The van der Waals surface area contributed by atoms with Gasteiger partial charge >= 0.3 is 0 Å². The highest BCUT2D eigenvalue weighted by molar-refractivity contribution is 9.10. The summed E-state index contributed by atoms with van der Waals surface area (Å²) in [6, 6.07) is 12.5. The summed E-state index contributed by atoms with van der Waals surface area (Å²) < 4.78 is 30.5. The number of aryl methyl sites for hydroxylation is 1. The second-order valence-corrected chi connectivity index (χ2v) is 11.9. The first kappa shape index (κ1) is 23.9. The van der Waals surface area contributed by atoms with Gasteiger partial charge in [-0.05, 0) is 66.0 Å². The molecule has 2 aromatic heterocycles. The second-order valence-electron chi connectivity index (χ2n) is 8.01. The molecule has 0 saturated heterocycles. The van der Waals surface area contributed by atoms with Crippen LogP contribution in [-0.4, -0.2) is 25.9 Å². The number of amides is 1. The number of hydrogen-bond acceptors (Lipinski definition) is 6. The summed E-state index contributed by atoms with van der Waals surface area (Å²) in [5.74, 6) is 0.225. The van der Waals surface area contributed by atoms with Gasteiger partial charge < -0.3 is 10.2 Å². The van der Waals surface area contributed by atoms with Crippen LogP contribution in [0.5, 0.6) is 0 Å². The molecule has 0 radical (unpaired) electrons. The number of halogens is 1. The predicted octanol–water partition coefficient (Wildman–Crippen LogP) is 5.16. The van der Waals surface area contributed by atoms with Crippen molar-refractivity contribution in [1.82, 2.24) is 9.71 Å². The predicted molar refractivity (Wildman–Crippen MR) is 135 cm³/mol. The van der Waals surface area contributed by atoms with Crippen molar-refractivity contribution in [2.45, 2.75) is 44.2 Å². The number of thiophene rings is 1. The van der Waals surface area contributed by atoms with Crippen LogP contribution in [-0.2, 0) is 14.8 Å². The average molecular weight is 550 g/mol. The maximum Gasteiger partial charge on any atom is 0.244 e. The fourth-order valence-electron chi connectivity index (χ4n) is 3.96. The van der Waals surface area contributed by atoms with Gasteiger partial charge in [-0.25, -0.2) is 18.1 Å². The molecule has 1 amide bonds. The van der Waals surface area contributed by atoms with Crippen molar-refractivity contribution in [2.24, 2.45) is 0 Å². The zero-order valence-electron chi connectivity index (χ0n) is 18.5. The number of para-hydroxylation sites is 1. The Hall–Kier alpha value is -2.27. The van der Waals surface area contributed by atoms with E-state index in [0.29, 0.717) is 23.3 Å². The highest BCUT2D eigenvalue weighted by atomic mass is 79.9. The summed E-state index contributed by atoms with van der Waals surface area (Å²) in [6.07, 6.45) is 2.05. The topological polar surface area (TPSA) is 91.4 Å². The van der Waals surface area contributed by atoms with Crippen molar-refractivity contribution < 1.29 is 13.2 Å². The van der Waals surface area contributed by atoms with Crippen LogP contribution in [0.1, 0.15) is 47.7 Å². The Balaban J connectivity index is 1.64. The van der Waals surface area contributed by atoms with E-state index in [0.717, 1.165) is 16.1 Å². The fourth-order valence-corrected chi connectivity index (χ4v) is 6.72. The molecule has 0 bridgehead atoms. The molecule has 7 nitrogen and oxygen atoms in total. The van der Waals surface area contributed by atoms with Crippen LogP contribution in [0, 0.1) is 6.92 Å². The zero-order valence-corrected chi connectivity index (χ0v) is 21.7. The van der Waals surface area contributed by atoms with Gasteiger partial charge in [0.1, 0.15) is 10.7 Å². The molecule has 0 spiro atoms. The quantitative estimate of drug-likeness (QED) is 0.443. The molecule has 174 valence electrons. The minimum Gasteiger partial charge on any atom is -0.362 e. The van der Waals surface area contributed by atoms with E-state index in [9.17, 15) is 13.2 Å². The standard InChI is InChI=1S/C23H25BrN4O3S2/c1-14-8-9-21(32-14)15(2)26-23-22(12-17(24)13-25-23)33(30,31)27-19-10-11-28(16(3)29)20-7-5-4-6-18(19)20/h4-9,12-13,15,19,27H,10-11H2,1-3H3,(H,25,26). The number of carbonyl (C=O) groups excluding carboxylic acids is 1. The minimum absolute atomic E-state index is 0.0655. The second kappa shape index (κ2) is 9.54. The molecule has 2 atom stereocenters. The molecule has 0 saturated carbocycles. The number of nitrogens with one attached hydrogen (secondary N) is 2. The molecule has 4 rings (SSSR count). The molecule has 3 aromatic rings. The molecular formula is C23H25BrN4O3S2. The van der Waals surface area contributed by atoms with E-state index in [1.165, 1.54) is 11.8 Å². The van der Waals surface area contributed by atoms with E-state index >= 15 is 0 Å². The third-order valence-electron chi connectivity index (χ3n) is 5.57. The van der Waals surface area contributed by atoms with Crippen molar-refractivity contribution in [3.05, 3.63) is 68.5 Å². The van der Waals surface area contributed by atoms with Gasteiger partial charge in [0.2, 0.25) is 15.9 Å². The van der Waals surface area contributed by atoms with Gasteiger partial charge in [-0.2, -0.15) is 0 Å². The first-order valence-corrected chi connectivity index (χ1v) is 13.6. The van der Waals surface area contributed by atoms with E-state index in [1.807, 2.05) is 50.2 Å². The van der Waals surface area contributed by atoms with Gasteiger partial charge in [0.15, 0.2) is 0 Å². The third kappa shape index (κ3) is 5.13. The number of sulfonamides is 1. The SMILES string of the molecule is CC(=O)N1CCC(NS(=O)(=O)c2cc(Br)cnc2NC(C)c2ccc(C)s2)c2ccccc21. The minimum atomic E-state index is -3.92. The average Bonchev–Trinajstić information content (AvgIpc) is 3.21. The highest BCUT2D eigenvalue weighted by Gasteiger charge is 2.31. The summed E-state index contributed by atoms with van der Waals surface area (Å²) in [4.78, 5) is 20.4. The Labute approximate surface area is 206 Å². The summed E-state index contributed by atoms with van der Waals surface area (Å²) >= 11 is 5.01. The summed E-state index contributed by atoms with van der Waals surface area (Å²) in [7, 11) is -3.92. The lowest BCUT2D eigenvalue weighted by Gasteiger charge is -2.34. The van der Waals surface area contributed by atoms with Gasteiger partial charge in [-0.1, -0.05) is 18.2 Å². The van der Waals surface area contributed by atoms with Gasteiger partial charge in [0, 0.05) is 39.6 Å². The van der Waals surface area contributed by atoms with Crippen LogP contribution >= 0.6 is 27.3 Å². The molecule has 1 aliphatic rings. The van der Waals surface area contributed by atoms with Crippen molar-refractivity contribution in [2.75, 3.05) is 16.8 Å². The zero-order chi connectivity index (χ0) is 23.8. The molecule has 1 aromatic carbocycles. The van der Waals surface area contributed by atoms with E-state index in [4.69, 9.17) is 0 Å². The van der Waals surface area contributed by atoms with Gasteiger partial charge in [-0.15, -0.1) is 11.3 Å². The first-order valence-electron chi connectivity index (χ1n) is 10.5. The Kier molecular flexibility index (Phi) is 6.90. The van der Waals surface area contributed by atoms with Gasteiger partial charge in [-0.3, -0.25) is 4.79 Å². The molecule has 3 heterocycles. The maximum absolute atomic E-state index is 13.5. The van der Waals surface area contributed by atoms with E-state index in [2.05, 4.69) is 31.0 Å². The molecule has 0 aliphatic carbocycles. The van der Waals surface area contributed by atoms with Crippen molar-refractivity contribution >= 4 is 54.7 Å². The summed E-state index contributed by atoms with van der Waals surface area (Å²) in [5.41, 5.74) is 1.51. The largest absolute Gasteiger partial charge is 0.362 e. The number of nitrogens with zero attached hydrogens (tertiary/aromatic N) is 2. The molecule has 2 N–H and O–H groups in total. The van der Waals surface area contributed by atoms with Crippen molar-refractivity contribution in [3.8, 4) is 0 Å². The Morgan fingerprint density at radius 3 is 2.73 bits per heavy atom. The molecular weight excluding hydrogens is 524 g/mol. The van der Waals surface area contributed by atoms with E-state index in [1.54, 1.807) is 28.5 Å². The van der Waals surface area contributed by atoms with Crippen molar-refractivity contribution in [3.63, 3.8) is 0 Å². The molecule has 1 aliphatic heterocycles. The molecule has 2 unspecified atom stereocenters. The highest BCUT2D eigenvalue weighted by Crippen LogP contribution is 2.36. The maximum atomic E-state index is 13.5. The number of benzene rings is 1. The lowest BCUT2D eigenvalue weighted by atomic mass is 9.97. The van der Waals surface area contributed by atoms with Crippen LogP contribution in [0.3, 0.4) is 0 Å². The molecule has 33 heavy (non-hydrogen) atoms. The van der Waals surface area contributed by atoms with Crippen LogP contribution in [0.25, 0.3) is 0 Å². The number of anilines is 2. The fraction of sp³-hybridized carbons (Fsp3) is 0.304. The number of carbonyl (C=O) groups is 1.